The SMILES string of the molecule is Cc1ccc2c(C3=C(c4ccccc4CN4C[C@H](C)N[C@@H](C)C4)C=NC(N)N3C3CC3)c[nH]c2c1. The molecular formula is C29H36N6. The van der Waals surface area contributed by atoms with Crippen LogP contribution in [0.25, 0.3) is 22.2 Å². The molecule has 2 fully saturated rings. The maximum atomic E-state index is 6.61. The fourth-order valence-electron chi connectivity index (χ4n) is 5.95. The molecule has 182 valence electrons. The van der Waals surface area contributed by atoms with E-state index in [1.165, 1.54) is 51.8 Å². The maximum Gasteiger partial charge on any atom is 0.173 e. The lowest BCUT2D eigenvalue weighted by Crippen LogP contribution is -2.53. The number of hydrogen-bond donors (Lipinski definition) is 3. The van der Waals surface area contributed by atoms with Crippen molar-refractivity contribution in [3.8, 4) is 0 Å². The van der Waals surface area contributed by atoms with Crippen molar-refractivity contribution in [1.82, 2.24) is 20.1 Å². The molecule has 0 bridgehead atoms. The van der Waals surface area contributed by atoms with Gasteiger partial charge in [-0.2, -0.15) is 0 Å². The van der Waals surface area contributed by atoms with Crippen LogP contribution in [0.5, 0.6) is 0 Å². The first-order chi connectivity index (χ1) is 17.0. The summed E-state index contributed by atoms with van der Waals surface area (Å²) in [5.41, 5.74) is 15.2. The van der Waals surface area contributed by atoms with Crippen LogP contribution in [0.3, 0.4) is 0 Å². The molecule has 2 aromatic carbocycles. The highest BCUT2D eigenvalue weighted by atomic mass is 15.4. The highest BCUT2D eigenvalue weighted by Gasteiger charge is 2.38. The van der Waals surface area contributed by atoms with Crippen molar-refractivity contribution in [2.75, 3.05) is 13.1 Å². The Morgan fingerprint density at radius 3 is 2.57 bits per heavy atom. The Morgan fingerprint density at radius 1 is 1.03 bits per heavy atom. The van der Waals surface area contributed by atoms with E-state index >= 15 is 0 Å². The fourth-order valence-corrected chi connectivity index (χ4v) is 5.95. The first kappa shape index (κ1) is 22.5. The lowest BCUT2D eigenvalue weighted by molar-refractivity contribution is 0.166. The molecule has 3 atom stereocenters. The Balaban J connectivity index is 1.49. The summed E-state index contributed by atoms with van der Waals surface area (Å²) in [6.45, 7) is 9.73. The van der Waals surface area contributed by atoms with Crippen LogP contribution in [0.4, 0.5) is 0 Å². The van der Waals surface area contributed by atoms with Gasteiger partial charge in [-0.3, -0.25) is 15.6 Å². The van der Waals surface area contributed by atoms with Crippen LogP contribution < -0.4 is 11.1 Å². The van der Waals surface area contributed by atoms with Gasteiger partial charge in [-0.1, -0.05) is 36.4 Å². The maximum absolute atomic E-state index is 6.61. The van der Waals surface area contributed by atoms with Crippen LogP contribution in [0.1, 0.15) is 48.9 Å². The Bertz CT molecular complexity index is 1290. The van der Waals surface area contributed by atoms with E-state index in [2.05, 4.69) is 89.5 Å². The third-order valence-corrected chi connectivity index (χ3v) is 7.52. The number of allylic oxidation sites excluding steroid dienone is 1. The van der Waals surface area contributed by atoms with E-state index in [0.29, 0.717) is 18.1 Å². The van der Waals surface area contributed by atoms with Crippen LogP contribution in [-0.2, 0) is 6.54 Å². The summed E-state index contributed by atoms with van der Waals surface area (Å²) < 4.78 is 0. The highest BCUT2D eigenvalue weighted by molar-refractivity contribution is 6.22. The average molecular weight is 469 g/mol. The van der Waals surface area contributed by atoms with E-state index in [4.69, 9.17) is 10.7 Å². The fraction of sp³-hybridized carbons (Fsp3) is 0.414. The lowest BCUT2D eigenvalue weighted by Gasteiger charge is -2.37. The van der Waals surface area contributed by atoms with E-state index in [1.54, 1.807) is 0 Å². The molecule has 3 aromatic rings. The molecular weight excluding hydrogens is 432 g/mol. The van der Waals surface area contributed by atoms with Gasteiger partial charge >= 0.3 is 0 Å². The third kappa shape index (κ3) is 4.31. The predicted octanol–water partition coefficient (Wildman–Crippen LogP) is 4.32. The molecule has 0 radical (unpaired) electrons. The number of piperazine rings is 1. The highest BCUT2D eigenvalue weighted by Crippen LogP contribution is 2.43. The molecule has 35 heavy (non-hydrogen) atoms. The quantitative estimate of drug-likeness (QED) is 0.522. The van der Waals surface area contributed by atoms with Crippen molar-refractivity contribution in [1.29, 1.82) is 0 Å². The van der Waals surface area contributed by atoms with Crippen molar-refractivity contribution >= 4 is 28.4 Å². The number of aromatic nitrogens is 1. The van der Waals surface area contributed by atoms with Crippen molar-refractivity contribution in [3.63, 3.8) is 0 Å². The summed E-state index contributed by atoms with van der Waals surface area (Å²) in [5, 5.41) is 4.89. The number of benzene rings is 2. The zero-order chi connectivity index (χ0) is 24.1. The minimum Gasteiger partial charge on any atom is -0.360 e. The van der Waals surface area contributed by atoms with Gasteiger partial charge in [0.1, 0.15) is 0 Å². The molecule has 0 spiro atoms. The van der Waals surface area contributed by atoms with E-state index in [9.17, 15) is 0 Å². The van der Waals surface area contributed by atoms with Gasteiger partial charge < -0.3 is 15.2 Å². The number of nitrogens with two attached hydrogens (primary N) is 1. The number of nitrogens with one attached hydrogen (secondary N) is 2. The number of aryl methyl sites for hydroxylation is 1. The largest absolute Gasteiger partial charge is 0.360 e. The van der Waals surface area contributed by atoms with Crippen molar-refractivity contribution in [3.05, 3.63) is 70.9 Å². The smallest absolute Gasteiger partial charge is 0.173 e. The summed E-state index contributed by atoms with van der Waals surface area (Å²) >= 11 is 0. The lowest BCUT2D eigenvalue weighted by atomic mass is 9.93. The number of rotatable bonds is 5. The number of hydrogen-bond acceptors (Lipinski definition) is 5. The van der Waals surface area contributed by atoms with E-state index < -0.39 is 0 Å². The molecule has 1 aliphatic carbocycles. The van der Waals surface area contributed by atoms with Gasteiger partial charge in [0.15, 0.2) is 6.29 Å². The van der Waals surface area contributed by atoms with Crippen LogP contribution in [0.15, 0.2) is 53.7 Å². The summed E-state index contributed by atoms with van der Waals surface area (Å²) in [6.07, 6.45) is 6.16. The van der Waals surface area contributed by atoms with Gasteiger partial charge in [0.05, 0.1) is 5.70 Å². The average Bonchev–Trinajstić information content (AvgIpc) is 3.57. The topological polar surface area (TPSA) is 72.7 Å². The summed E-state index contributed by atoms with van der Waals surface area (Å²) in [4.78, 5) is 13.2. The number of nitrogens with zero attached hydrogens (tertiary/aromatic N) is 3. The second kappa shape index (κ2) is 8.94. The van der Waals surface area contributed by atoms with Crippen LogP contribution >= 0.6 is 0 Å². The molecule has 3 heterocycles. The minimum atomic E-state index is -0.348. The van der Waals surface area contributed by atoms with Gasteiger partial charge in [0, 0.05) is 72.2 Å². The van der Waals surface area contributed by atoms with Crippen molar-refractivity contribution < 1.29 is 0 Å². The van der Waals surface area contributed by atoms with Gasteiger partial charge in [-0.05, 0) is 56.4 Å². The van der Waals surface area contributed by atoms with Crippen molar-refractivity contribution in [2.24, 2.45) is 10.7 Å². The molecule has 4 N–H and O–H groups in total. The second-order valence-electron chi connectivity index (χ2n) is 10.7. The summed E-state index contributed by atoms with van der Waals surface area (Å²) in [6, 6.07) is 16.9. The number of aromatic amines is 1. The molecule has 3 aliphatic rings. The summed E-state index contributed by atoms with van der Waals surface area (Å²) in [7, 11) is 0. The van der Waals surface area contributed by atoms with E-state index in [0.717, 1.165) is 25.2 Å². The molecule has 1 unspecified atom stereocenters. The molecule has 6 nitrogen and oxygen atoms in total. The standard InChI is InChI=1S/C29H36N6/c1-18-8-11-24-26(13-31-27(24)12-18)28-25(14-32-29(30)35(28)22-9-10-22)23-7-5-4-6-21(23)17-34-15-19(2)33-20(3)16-34/h4-8,11-14,19-20,22,29,31,33H,9-10,15-17,30H2,1-3H3/t19-,20-,29?/m0/s1. The van der Waals surface area contributed by atoms with Gasteiger partial charge in [-0.25, -0.2) is 0 Å². The van der Waals surface area contributed by atoms with Crippen LogP contribution in [-0.4, -0.2) is 58.5 Å². The normalized spacial score (nSPS) is 25.6. The number of H-pyrrole nitrogens is 1. The zero-order valence-corrected chi connectivity index (χ0v) is 21.0. The molecule has 0 amide bonds. The molecule has 2 aliphatic heterocycles. The van der Waals surface area contributed by atoms with Crippen molar-refractivity contribution in [2.45, 2.75) is 64.6 Å². The first-order valence-electron chi connectivity index (χ1n) is 12.9. The Hall–Kier alpha value is -2.93. The number of aliphatic imine (C=N–C) groups is 1. The predicted molar refractivity (Wildman–Crippen MR) is 145 cm³/mol. The second-order valence-corrected chi connectivity index (χ2v) is 10.7. The van der Waals surface area contributed by atoms with Gasteiger partial charge in [0.25, 0.3) is 0 Å². The third-order valence-electron chi connectivity index (χ3n) is 7.52. The van der Waals surface area contributed by atoms with Crippen LogP contribution in [0, 0.1) is 6.92 Å². The number of fused-ring (bicyclic) bond motifs is 1. The van der Waals surface area contributed by atoms with Gasteiger partial charge in [-0.15, -0.1) is 0 Å². The Kier molecular flexibility index (Phi) is 5.75. The molecule has 6 heteroatoms. The monoisotopic (exact) mass is 468 g/mol. The summed E-state index contributed by atoms with van der Waals surface area (Å²) in [5.74, 6) is 0. The minimum absolute atomic E-state index is 0.348. The molecule has 6 rings (SSSR count). The molecule has 1 saturated carbocycles. The van der Waals surface area contributed by atoms with Crippen LogP contribution in [0.2, 0.25) is 0 Å². The molecule has 1 aromatic heterocycles. The Morgan fingerprint density at radius 2 is 1.80 bits per heavy atom. The Labute approximate surface area is 207 Å². The van der Waals surface area contributed by atoms with E-state index in [-0.39, 0.29) is 6.29 Å². The van der Waals surface area contributed by atoms with E-state index in [1.807, 2.05) is 6.21 Å². The first-order valence-corrected chi connectivity index (χ1v) is 12.9. The zero-order valence-electron chi connectivity index (χ0n) is 21.0. The van der Waals surface area contributed by atoms with Gasteiger partial charge in [0.2, 0.25) is 0 Å². The molecule has 1 saturated heterocycles.